The number of hydrogen-bond donors (Lipinski definition) is 0. The van der Waals surface area contributed by atoms with Gasteiger partial charge in [-0.05, 0) is 33.6 Å². The summed E-state index contributed by atoms with van der Waals surface area (Å²) in [6, 6.07) is 0. The van der Waals surface area contributed by atoms with Crippen molar-refractivity contribution in [3.05, 3.63) is 0 Å². The van der Waals surface area contributed by atoms with Gasteiger partial charge in [-0.1, -0.05) is 19.3 Å². The van der Waals surface area contributed by atoms with Crippen LogP contribution in [-0.4, -0.2) is 23.6 Å². The van der Waals surface area contributed by atoms with Crippen molar-refractivity contribution in [1.82, 2.24) is 0 Å². The zero-order chi connectivity index (χ0) is 13.6. The maximum absolute atomic E-state index is 11.2. The Hall–Kier alpha value is -1.14. The molecular formula is C12H20O6. The molecule has 0 aromatic heterocycles. The number of rotatable bonds is 3. The molecule has 6 heteroatoms. The Kier molecular flexibility index (Phi) is 5.55. The molecule has 0 bridgehead atoms. The van der Waals surface area contributed by atoms with Crippen LogP contribution in [0.25, 0.3) is 0 Å². The number of carbonyl (C=O) groups is 2. The van der Waals surface area contributed by atoms with E-state index in [-0.39, 0.29) is 6.10 Å². The smallest absolute Gasteiger partial charge is 0.285 e. The lowest BCUT2D eigenvalue weighted by Gasteiger charge is -2.19. The Morgan fingerprint density at radius 3 is 2.06 bits per heavy atom. The van der Waals surface area contributed by atoms with Gasteiger partial charge in [-0.25, -0.2) is 9.59 Å². The summed E-state index contributed by atoms with van der Waals surface area (Å²) in [5.74, 6) is -2.43. The summed E-state index contributed by atoms with van der Waals surface area (Å²) in [5, 5.41) is 0. The number of carbonyl (C=O) groups excluding carboxylic acids is 2. The average Bonchev–Trinajstić information content (AvgIpc) is 2.33. The molecule has 1 aliphatic carbocycles. The molecule has 0 aliphatic heterocycles. The monoisotopic (exact) mass is 260 g/mol. The van der Waals surface area contributed by atoms with Crippen LogP contribution in [0.5, 0.6) is 0 Å². The van der Waals surface area contributed by atoms with Crippen LogP contribution < -0.4 is 0 Å². The third-order valence-electron chi connectivity index (χ3n) is 2.35. The van der Waals surface area contributed by atoms with Crippen LogP contribution in [-0.2, 0) is 29.1 Å². The molecular weight excluding hydrogens is 240 g/mol. The molecule has 18 heavy (non-hydrogen) atoms. The van der Waals surface area contributed by atoms with Crippen molar-refractivity contribution in [2.45, 2.75) is 64.6 Å². The van der Waals surface area contributed by atoms with Gasteiger partial charge in [0.05, 0.1) is 0 Å². The Morgan fingerprint density at radius 1 is 0.944 bits per heavy atom. The second-order valence-electron chi connectivity index (χ2n) is 5.29. The van der Waals surface area contributed by atoms with Gasteiger partial charge in [-0.3, -0.25) is 9.78 Å². The molecule has 0 aromatic carbocycles. The molecule has 1 fully saturated rings. The molecule has 0 heterocycles. The third-order valence-corrected chi connectivity index (χ3v) is 2.35. The standard InChI is InChI=1S/C12H20O6/c1-12(2,3)18-17-11(14)10(13)16-15-9-7-5-4-6-8-9/h9H,4-8H2,1-3H3. The third kappa shape index (κ3) is 5.97. The van der Waals surface area contributed by atoms with E-state index in [2.05, 4.69) is 9.78 Å². The molecule has 0 aromatic rings. The van der Waals surface area contributed by atoms with Gasteiger partial charge in [0.15, 0.2) is 0 Å². The first kappa shape index (κ1) is 14.9. The van der Waals surface area contributed by atoms with Gasteiger partial charge in [0.2, 0.25) is 0 Å². The van der Waals surface area contributed by atoms with E-state index in [0.29, 0.717) is 0 Å². The van der Waals surface area contributed by atoms with Gasteiger partial charge in [-0.15, -0.1) is 0 Å². The van der Waals surface area contributed by atoms with Crippen LogP contribution in [0.2, 0.25) is 0 Å². The summed E-state index contributed by atoms with van der Waals surface area (Å²) in [6.45, 7) is 5.05. The molecule has 0 amide bonds. The molecule has 104 valence electrons. The number of hydrogen-bond acceptors (Lipinski definition) is 6. The quantitative estimate of drug-likeness (QED) is 0.439. The minimum absolute atomic E-state index is 0.126. The fraction of sp³-hybridized carbons (Fsp3) is 0.833. The fourth-order valence-electron chi connectivity index (χ4n) is 1.50. The summed E-state index contributed by atoms with van der Waals surface area (Å²) < 4.78 is 0. The van der Waals surface area contributed by atoms with Crippen LogP contribution in [0.4, 0.5) is 0 Å². The van der Waals surface area contributed by atoms with Crippen LogP contribution in [0.1, 0.15) is 52.9 Å². The predicted octanol–water partition coefficient (Wildman–Crippen LogP) is 2.07. The SMILES string of the molecule is CC(C)(C)OOC(=O)C(=O)OOC1CCCCC1. The van der Waals surface area contributed by atoms with E-state index in [9.17, 15) is 9.59 Å². The summed E-state index contributed by atoms with van der Waals surface area (Å²) in [7, 11) is 0. The van der Waals surface area contributed by atoms with Crippen molar-refractivity contribution in [2.75, 3.05) is 0 Å². The highest BCUT2D eigenvalue weighted by atomic mass is 17.2. The van der Waals surface area contributed by atoms with Gasteiger partial charge in [0, 0.05) is 0 Å². The van der Waals surface area contributed by atoms with Crippen molar-refractivity contribution in [2.24, 2.45) is 0 Å². The maximum atomic E-state index is 11.2. The molecule has 0 N–H and O–H groups in total. The second kappa shape index (κ2) is 6.70. The summed E-state index contributed by atoms with van der Waals surface area (Å²) in [6.07, 6.45) is 4.79. The van der Waals surface area contributed by atoms with Crippen molar-refractivity contribution < 1.29 is 29.1 Å². The summed E-state index contributed by atoms with van der Waals surface area (Å²) in [4.78, 5) is 40.7. The maximum Gasteiger partial charge on any atom is 0.453 e. The van der Waals surface area contributed by atoms with Gasteiger partial charge >= 0.3 is 11.9 Å². The first-order valence-electron chi connectivity index (χ1n) is 6.16. The van der Waals surface area contributed by atoms with Crippen molar-refractivity contribution in [3.8, 4) is 0 Å². The zero-order valence-corrected chi connectivity index (χ0v) is 11.1. The van der Waals surface area contributed by atoms with Gasteiger partial charge in [0.25, 0.3) is 0 Å². The highest BCUT2D eigenvalue weighted by Gasteiger charge is 2.25. The van der Waals surface area contributed by atoms with E-state index in [0.717, 1.165) is 32.1 Å². The van der Waals surface area contributed by atoms with Crippen LogP contribution in [0, 0.1) is 0 Å². The molecule has 0 atom stereocenters. The highest BCUT2D eigenvalue weighted by molar-refractivity contribution is 6.29. The molecule has 0 spiro atoms. The Balaban J connectivity index is 2.21. The Morgan fingerprint density at radius 2 is 1.50 bits per heavy atom. The van der Waals surface area contributed by atoms with E-state index in [1.807, 2.05) is 0 Å². The largest absolute Gasteiger partial charge is 0.453 e. The van der Waals surface area contributed by atoms with E-state index in [1.165, 1.54) is 0 Å². The topological polar surface area (TPSA) is 71.1 Å². The van der Waals surface area contributed by atoms with Crippen LogP contribution >= 0.6 is 0 Å². The normalized spacial score (nSPS) is 17.3. The molecule has 0 saturated heterocycles. The van der Waals surface area contributed by atoms with Crippen molar-refractivity contribution in [1.29, 1.82) is 0 Å². The first-order valence-corrected chi connectivity index (χ1v) is 6.16. The van der Waals surface area contributed by atoms with E-state index < -0.39 is 17.5 Å². The Labute approximate surface area is 106 Å². The van der Waals surface area contributed by atoms with Crippen molar-refractivity contribution in [3.63, 3.8) is 0 Å². The molecule has 0 unspecified atom stereocenters. The van der Waals surface area contributed by atoms with Gasteiger partial charge < -0.3 is 0 Å². The van der Waals surface area contributed by atoms with E-state index in [4.69, 9.17) is 9.78 Å². The minimum atomic E-state index is -1.22. The zero-order valence-electron chi connectivity index (χ0n) is 11.1. The molecule has 1 aliphatic rings. The lowest BCUT2D eigenvalue weighted by atomic mass is 9.98. The molecule has 1 saturated carbocycles. The van der Waals surface area contributed by atoms with E-state index in [1.54, 1.807) is 20.8 Å². The van der Waals surface area contributed by atoms with Crippen LogP contribution in [0.15, 0.2) is 0 Å². The minimum Gasteiger partial charge on any atom is -0.285 e. The lowest BCUT2D eigenvalue weighted by Crippen LogP contribution is -2.28. The van der Waals surface area contributed by atoms with Crippen molar-refractivity contribution >= 4 is 11.9 Å². The van der Waals surface area contributed by atoms with Gasteiger partial charge in [-0.2, -0.15) is 9.78 Å². The average molecular weight is 260 g/mol. The Bertz CT molecular complexity index is 287. The first-order chi connectivity index (χ1) is 8.38. The highest BCUT2D eigenvalue weighted by Crippen LogP contribution is 2.20. The fourth-order valence-corrected chi connectivity index (χ4v) is 1.50. The van der Waals surface area contributed by atoms with E-state index >= 15 is 0 Å². The molecule has 6 nitrogen and oxygen atoms in total. The predicted molar refractivity (Wildman–Crippen MR) is 61.0 cm³/mol. The second-order valence-corrected chi connectivity index (χ2v) is 5.29. The summed E-state index contributed by atoms with van der Waals surface area (Å²) >= 11 is 0. The summed E-state index contributed by atoms with van der Waals surface area (Å²) in [5.41, 5.74) is -0.680. The lowest BCUT2D eigenvalue weighted by molar-refractivity contribution is -0.332. The van der Waals surface area contributed by atoms with Gasteiger partial charge in [0.1, 0.15) is 11.7 Å². The molecule has 0 radical (unpaired) electrons. The van der Waals surface area contributed by atoms with Crippen LogP contribution in [0.3, 0.4) is 0 Å². The molecule has 1 rings (SSSR count).